The lowest BCUT2D eigenvalue weighted by Gasteiger charge is -2.29. The highest BCUT2D eigenvalue weighted by molar-refractivity contribution is 5.39. The minimum atomic E-state index is 0.162. The Balaban J connectivity index is 0.000000399. The van der Waals surface area contributed by atoms with Gasteiger partial charge in [-0.25, -0.2) is 0 Å². The van der Waals surface area contributed by atoms with Gasteiger partial charge in [-0.3, -0.25) is 0 Å². The van der Waals surface area contributed by atoms with E-state index in [9.17, 15) is 0 Å². The second-order valence-electron chi connectivity index (χ2n) is 15.2. The van der Waals surface area contributed by atoms with E-state index in [-0.39, 0.29) is 21.7 Å². The largest absolute Gasteiger partial charge is 0.373 e. The molecule has 0 saturated carbocycles. The molecule has 2 nitrogen and oxygen atoms in total. The van der Waals surface area contributed by atoms with Crippen molar-refractivity contribution in [3.05, 3.63) is 58.2 Å². The Morgan fingerprint density at radius 1 is 0.579 bits per heavy atom. The van der Waals surface area contributed by atoms with E-state index < -0.39 is 0 Å². The first-order valence-corrected chi connectivity index (χ1v) is 15.0. The number of allylic oxidation sites excluding steroid dienone is 6. The Morgan fingerprint density at radius 2 is 0.947 bits per heavy atom. The molecule has 0 radical (unpaired) electrons. The lowest BCUT2D eigenvalue weighted by atomic mass is 9.82. The van der Waals surface area contributed by atoms with Crippen molar-refractivity contribution < 1.29 is 9.47 Å². The summed E-state index contributed by atoms with van der Waals surface area (Å²) in [5.41, 5.74) is 7.75. The topological polar surface area (TPSA) is 18.5 Å². The first-order chi connectivity index (χ1) is 17.4. The predicted molar refractivity (Wildman–Crippen MR) is 169 cm³/mol. The third-order valence-electron chi connectivity index (χ3n) is 7.48. The highest BCUT2D eigenvalue weighted by atomic mass is 16.5. The van der Waals surface area contributed by atoms with E-state index in [4.69, 9.17) is 9.47 Å². The summed E-state index contributed by atoms with van der Waals surface area (Å²) in [5.74, 6) is 0. The molecule has 0 fully saturated rings. The maximum absolute atomic E-state index is 5.98. The maximum atomic E-state index is 5.98. The molecule has 0 aromatic rings. The van der Waals surface area contributed by atoms with E-state index in [0.717, 1.165) is 32.8 Å². The van der Waals surface area contributed by atoms with Crippen LogP contribution in [-0.4, -0.2) is 26.4 Å². The smallest absolute Gasteiger partial charge is 0.0689 e. The first kappa shape index (κ1) is 34.6. The summed E-state index contributed by atoms with van der Waals surface area (Å²) < 4.78 is 11.8. The Hall–Kier alpha value is -1.38. The van der Waals surface area contributed by atoms with Crippen molar-refractivity contribution in [2.45, 2.75) is 122 Å². The molecule has 2 rings (SSSR count). The first-order valence-electron chi connectivity index (χ1n) is 15.0. The number of rotatable bonds is 4. The van der Waals surface area contributed by atoms with E-state index >= 15 is 0 Å². The molecule has 0 amide bonds. The zero-order valence-corrected chi connectivity index (χ0v) is 27.6. The highest BCUT2D eigenvalue weighted by Crippen LogP contribution is 2.33. The van der Waals surface area contributed by atoms with Crippen LogP contribution in [0, 0.1) is 21.7 Å². The third-order valence-corrected chi connectivity index (χ3v) is 7.48. The average molecular weight is 527 g/mol. The van der Waals surface area contributed by atoms with Crippen LogP contribution in [0.2, 0.25) is 0 Å². The second-order valence-corrected chi connectivity index (χ2v) is 15.2. The summed E-state index contributed by atoms with van der Waals surface area (Å²) in [6.07, 6.45) is 17.9. The van der Waals surface area contributed by atoms with Crippen LogP contribution in [0.1, 0.15) is 122 Å². The molecular formula is C36H62O2. The van der Waals surface area contributed by atoms with Crippen LogP contribution < -0.4 is 0 Å². The van der Waals surface area contributed by atoms with Crippen LogP contribution in [0.25, 0.3) is 0 Å². The number of hydrogen-bond acceptors (Lipinski definition) is 2. The standard InChI is InChI=1S/C21H36O.C15H26O/c1-8-9-10-11-12-17-13-18(20(2,3)4)15-22-16-19(14-17)21(5,6)7;1-14(2,3)12-8-7-9-13(11-16-10-12)15(4,5)6/h12-14H,8-11,15-16H2,1-7H3;8-9H,7,10-11H2,1-6H3/b18-13+,19-14+;12-8+,13-9+. The summed E-state index contributed by atoms with van der Waals surface area (Å²) in [6.45, 7) is 32.4. The third kappa shape index (κ3) is 13.1. The van der Waals surface area contributed by atoms with Gasteiger partial charge in [-0.05, 0) is 68.8 Å². The van der Waals surface area contributed by atoms with Crippen molar-refractivity contribution in [1.82, 2.24) is 0 Å². The normalized spacial score (nSPS) is 23.9. The minimum absolute atomic E-state index is 0.162. The molecule has 2 aliphatic heterocycles. The number of ether oxygens (including phenoxy) is 2. The van der Waals surface area contributed by atoms with E-state index in [0.29, 0.717) is 0 Å². The van der Waals surface area contributed by atoms with Gasteiger partial charge >= 0.3 is 0 Å². The lowest BCUT2D eigenvalue weighted by molar-refractivity contribution is 0.152. The van der Waals surface area contributed by atoms with E-state index in [1.807, 2.05) is 0 Å². The Kier molecular flexibility index (Phi) is 13.5. The maximum Gasteiger partial charge on any atom is 0.0689 e. The quantitative estimate of drug-likeness (QED) is 0.268. The molecule has 2 aliphatic rings. The van der Waals surface area contributed by atoms with Gasteiger partial charge in [-0.1, -0.05) is 133 Å². The van der Waals surface area contributed by atoms with Crippen LogP contribution in [0.15, 0.2) is 58.2 Å². The van der Waals surface area contributed by atoms with Crippen LogP contribution in [0.4, 0.5) is 0 Å². The molecule has 0 unspecified atom stereocenters. The van der Waals surface area contributed by atoms with Gasteiger partial charge in [0, 0.05) is 0 Å². The van der Waals surface area contributed by atoms with Gasteiger partial charge in [0.2, 0.25) is 0 Å². The average Bonchev–Trinajstić information content (AvgIpc) is 2.68. The molecule has 0 atom stereocenters. The lowest BCUT2D eigenvalue weighted by Crippen LogP contribution is -2.21. The van der Waals surface area contributed by atoms with Crippen LogP contribution in [0.5, 0.6) is 0 Å². The summed E-state index contributed by atoms with van der Waals surface area (Å²) in [7, 11) is 0. The van der Waals surface area contributed by atoms with Gasteiger partial charge in [-0.2, -0.15) is 0 Å². The fourth-order valence-electron chi connectivity index (χ4n) is 4.22. The second kappa shape index (κ2) is 14.8. The van der Waals surface area contributed by atoms with Crippen LogP contribution in [-0.2, 0) is 9.47 Å². The molecule has 0 aliphatic carbocycles. The SMILES string of the molecule is CC(C)(C)/C1=C/C/C=C(/C(C)(C)C)COC1.CCCCCC=C1/C=C(/C(C)(C)C)COC/C(C(C)(C)C)=C\1. The van der Waals surface area contributed by atoms with Crippen molar-refractivity contribution in [3.8, 4) is 0 Å². The van der Waals surface area contributed by atoms with Gasteiger partial charge in [0.1, 0.15) is 0 Å². The van der Waals surface area contributed by atoms with E-state index in [1.165, 1.54) is 53.5 Å². The van der Waals surface area contributed by atoms with Gasteiger partial charge < -0.3 is 9.47 Å². The van der Waals surface area contributed by atoms with Crippen molar-refractivity contribution in [2.75, 3.05) is 26.4 Å². The van der Waals surface area contributed by atoms with Crippen LogP contribution >= 0.6 is 0 Å². The van der Waals surface area contributed by atoms with E-state index in [2.05, 4.69) is 120 Å². The van der Waals surface area contributed by atoms with Crippen molar-refractivity contribution in [2.24, 2.45) is 21.7 Å². The molecule has 2 heteroatoms. The summed E-state index contributed by atoms with van der Waals surface area (Å²) in [4.78, 5) is 0. The fraction of sp³-hybridized carbons (Fsp3) is 0.722. The molecule has 0 bridgehead atoms. The minimum Gasteiger partial charge on any atom is -0.373 e. The van der Waals surface area contributed by atoms with Crippen LogP contribution in [0.3, 0.4) is 0 Å². The molecule has 0 aromatic heterocycles. The Labute approximate surface area is 237 Å². The number of hydrogen-bond donors (Lipinski definition) is 0. The molecular weight excluding hydrogens is 464 g/mol. The van der Waals surface area contributed by atoms with Crippen molar-refractivity contribution >= 4 is 0 Å². The van der Waals surface area contributed by atoms with Gasteiger partial charge in [0.05, 0.1) is 26.4 Å². The van der Waals surface area contributed by atoms with Gasteiger partial charge in [0.25, 0.3) is 0 Å². The molecule has 0 spiro atoms. The zero-order valence-electron chi connectivity index (χ0n) is 27.6. The van der Waals surface area contributed by atoms with Gasteiger partial charge in [-0.15, -0.1) is 0 Å². The molecule has 0 N–H and O–H groups in total. The molecule has 218 valence electrons. The summed E-state index contributed by atoms with van der Waals surface area (Å²) in [5, 5.41) is 0. The summed E-state index contributed by atoms with van der Waals surface area (Å²) >= 11 is 0. The number of unbranched alkanes of at least 4 members (excludes halogenated alkanes) is 3. The Morgan fingerprint density at radius 3 is 1.29 bits per heavy atom. The fourth-order valence-corrected chi connectivity index (χ4v) is 4.22. The highest BCUT2D eigenvalue weighted by Gasteiger charge is 2.23. The molecule has 38 heavy (non-hydrogen) atoms. The monoisotopic (exact) mass is 526 g/mol. The van der Waals surface area contributed by atoms with E-state index in [1.54, 1.807) is 0 Å². The van der Waals surface area contributed by atoms with Crippen molar-refractivity contribution in [1.29, 1.82) is 0 Å². The molecule has 2 heterocycles. The van der Waals surface area contributed by atoms with Gasteiger partial charge in [0.15, 0.2) is 0 Å². The van der Waals surface area contributed by atoms with Crippen molar-refractivity contribution in [3.63, 3.8) is 0 Å². The molecule has 0 saturated heterocycles. The molecule has 0 aromatic carbocycles. The summed E-state index contributed by atoms with van der Waals surface area (Å²) in [6, 6.07) is 0. The predicted octanol–water partition coefficient (Wildman–Crippen LogP) is 10.8. The zero-order chi connectivity index (χ0) is 29.2. The Bertz CT molecular complexity index is 814.